The summed E-state index contributed by atoms with van der Waals surface area (Å²) >= 11 is 1.62. The zero-order chi connectivity index (χ0) is 11.5. The molecule has 0 saturated heterocycles. The number of aryl methyl sites for hydroxylation is 2. The van der Waals surface area contributed by atoms with E-state index in [1.807, 2.05) is 42.6 Å². The van der Waals surface area contributed by atoms with Crippen LogP contribution in [0.2, 0.25) is 0 Å². The number of thiophene rings is 1. The molecule has 1 nitrogen and oxygen atoms in total. The van der Waals surface area contributed by atoms with Crippen LogP contribution in [-0.2, 0) is 6.42 Å². The summed E-state index contributed by atoms with van der Waals surface area (Å²) in [5, 5.41) is 1.93. The van der Waals surface area contributed by atoms with E-state index in [4.69, 9.17) is 0 Å². The molecule has 0 N–H and O–H groups in total. The van der Waals surface area contributed by atoms with E-state index >= 15 is 0 Å². The first-order valence-corrected chi connectivity index (χ1v) is 6.28. The van der Waals surface area contributed by atoms with Crippen molar-refractivity contribution in [2.75, 3.05) is 0 Å². The van der Waals surface area contributed by atoms with Crippen LogP contribution >= 0.6 is 11.3 Å². The normalized spacial score (nSPS) is 10.4. The number of benzene rings is 1. The molecule has 2 heteroatoms. The highest BCUT2D eigenvalue weighted by molar-refractivity contribution is 7.10. The van der Waals surface area contributed by atoms with Gasteiger partial charge >= 0.3 is 0 Å². The van der Waals surface area contributed by atoms with Gasteiger partial charge in [-0.05, 0) is 25.0 Å². The number of ketones is 1. The third-order valence-electron chi connectivity index (χ3n) is 2.64. The fraction of sp³-hybridized carbons (Fsp3) is 0.214. The molecule has 1 aromatic heterocycles. The van der Waals surface area contributed by atoms with E-state index in [0.717, 1.165) is 23.1 Å². The van der Waals surface area contributed by atoms with Gasteiger partial charge in [-0.25, -0.2) is 0 Å². The van der Waals surface area contributed by atoms with Crippen molar-refractivity contribution in [3.63, 3.8) is 0 Å². The molecule has 1 aromatic carbocycles. The van der Waals surface area contributed by atoms with Gasteiger partial charge in [0, 0.05) is 21.4 Å². The second-order valence-electron chi connectivity index (χ2n) is 3.79. The molecule has 0 spiro atoms. The SMILES string of the molecule is CCc1ccccc1C(=O)c1csc(C)c1. The van der Waals surface area contributed by atoms with Gasteiger partial charge in [0.2, 0.25) is 0 Å². The van der Waals surface area contributed by atoms with Crippen LogP contribution in [0, 0.1) is 6.92 Å². The largest absolute Gasteiger partial charge is 0.289 e. The first-order valence-electron chi connectivity index (χ1n) is 5.40. The van der Waals surface area contributed by atoms with Crippen molar-refractivity contribution < 1.29 is 4.79 Å². The van der Waals surface area contributed by atoms with Crippen molar-refractivity contribution in [2.24, 2.45) is 0 Å². The Balaban J connectivity index is 2.41. The third-order valence-corrected chi connectivity index (χ3v) is 3.50. The Morgan fingerprint density at radius 2 is 2.06 bits per heavy atom. The van der Waals surface area contributed by atoms with Gasteiger partial charge in [0.15, 0.2) is 5.78 Å². The van der Waals surface area contributed by atoms with Crippen LogP contribution in [0.1, 0.15) is 33.3 Å². The fourth-order valence-electron chi connectivity index (χ4n) is 1.77. The predicted octanol–water partition coefficient (Wildman–Crippen LogP) is 3.85. The molecule has 0 saturated carbocycles. The Morgan fingerprint density at radius 1 is 1.31 bits per heavy atom. The molecule has 0 bridgehead atoms. The molecule has 0 aliphatic carbocycles. The Labute approximate surface area is 99.8 Å². The number of hydrogen-bond donors (Lipinski definition) is 0. The van der Waals surface area contributed by atoms with Gasteiger partial charge in [0.1, 0.15) is 0 Å². The quantitative estimate of drug-likeness (QED) is 0.732. The number of carbonyl (C=O) groups is 1. The second kappa shape index (κ2) is 4.62. The van der Waals surface area contributed by atoms with Crippen molar-refractivity contribution in [3.05, 3.63) is 57.3 Å². The molecule has 0 aliphatic heterocycles. The van der Waals surface area contributed by atoms with E-state index in [9.17, 15) is 4.79 Å². The lowest BCUT2D eigenvalue weighted by Gasteiger charge is -2.04. The summed E-state index contributed by atoms with van der Waals surface area (Å²) in [4.78, 5) is 13.4. The summed E-state index contributed by atoms with van der Waals surface area (Å²) in [5.74, 6) is 0.141. The van der Waals surface area contributed by atoms with Crippen LogP contribution in [0.3, 0.4) is 0 Å². The number of carbonyl (C=O) groups excluding carboxylic acids is 1. The molecule has 0 unspecified atom stereocenters. The minimum Gasteiger partial charge on any atom is -0.289 e. The summed E-state index contributed by atoms with van der Waals surface area (Å²) in [6.07, 6.45) is 0.894. The first-order chi connectivity index (χ1) is 7.72. The number of hydrogen-bond acceptors (Lipinski definition) is 2. The van der Waals surface area contributed by atoms with Crippen molar-refractivity contribution >= 4 is 17.1 Å². The van der Waals surface area contributed by atoms with Gasteiger partial charge in [-0.3, -0.25) is 4.79 Å². The zero-order valence-electron chi connectivity index (χ0n) is 9.49. The summed E-state index contributed by atoms with van der Waals surface area (Å²) in [5.41, 5.74) is 2.77. The minimum absolute atomic E-state index is 0.141. The van der Waals surface area contributed by atoms with E-state index in [1.165, 1.54) is 4.88 Å². The Bertz CT molecular complexity index is 511. The molecule has 2 rings (SSSR count). The lowest BCUT2D eigenvalue weighted by Crippen LogP contribution is -2.03. The van der Waals surface area contributed by atoms with Crippen molar-refractivity contribution in [1.29, 1.82) is 0 Å². The highest BCUT2D eigenvalue weighted by Crippen LogP contribution is 2.19. The predicted molar refractivity (Wildman–Crippen MR) is 68.3 cm³/mol. The van der Waals surface area contributed by atoms with Crippen LogP contribution in [0.15, 0.2) is 35.7 Å². The molecule has 1 heterocycles. The third kappa shape index (κ3) is 2.07. The summed E-state index contributed by atoms with van der Waals surface area (Å²) in [6.45, 7) is 4.10. The van der Waals surface area contributed by atoms with Gasteiger partial charge < -0.3 is 0 Å². The highest BCUT2D eigenvalue weighted by atomic mass is 32.1. The van der Waals surface area contributed by atoms with E-state index in [1.54, 1.807) is 11.3 Å². The van der Waals surface area contributed by atoms with Gasteiger partial charge in [-0.2, -0.15) is 0 Å². The van der Waals surface area contributed by atoms with Crippen LogP contribution in [0.25, 0.3) is 0 Å². The topological polar surface area (TPSA) is 17.1 Å². The fourth-order valence-corrected chi connectivity index (χ4v) is 2.45. The van der Waals surface area contributed by atoms with Crippen LogP contribution in [0.5, 0.6) is 0 Å². The van der Waals surface area contributed by atoms with E-state index in [-0.39, 0.29) is 5.78 Å². The summed E-state index contributed by atoms with van der Waals surface area (Å²) in [6, 6.07) is 9.79. The number of rotatable bonds is 3. The Morgan fingerprint density at radius 3 is 2.69 bits per heavy atom. The molecular weight excluding hydrogens is 216 g/mol. The molecular formula is C14H14OS. The maximum atomic E-state index is 12.2. The van der Waals surface area contributed by atoms with Crippen LogP contribution in [-0.4, -0.2) is 5.78 Å². The molecule has 0 radical (unpaired) electrons. The van der Waals surface area contributed by atoms with E-state index in [2.05, 4.69) is 6.92 Å². The molecule has 0 amide bonds. The zero-order valence-corrected chi connectivity index (χ0v) is 10.3. The summed E-state index contributed by atoms with van der Waals surface area (Å²) in [7, 11) is 0. The summed E-state index contributed by atoms with van der Waals surface area (Å²) < 4.78 is 0. The van der Waals surface area contributed by atoms with Gasteiger partial charge in [0.25, 0.3) is 0 Å². The maximum absolute atomic E-state index is 12.2. The molecule has 16 heavy (non-hydrogen) atoms. The first kappa shape index (κ1) is 11.1. The van der Waals surface area contributed by atoms with Crippen molar-refractivity contribution in [1.82, 2.24) is 0 Å². The van der Waals surface area contributed by atoms with Gasteiger partial charge in [-0.1, -0.05) is 31.2 Å². The minimum atomic E-state index is 0.141. The van der Waals surface area contributed by atoms with Crippen LogP contribution in [0.4, 0.5) is 0 Å². The molecule has 0 fully saturated rings. The monoisotopic (exact) mass is 230 g/mol. The average Bonchev–Trinajstić information content (AvgIpc) is 2.75. The highest BCUT2D eigenvalue weighted by Gasteiger charge is 2.13. The Kier molecular flexibility index (Phi) is 3.20. The molecule has 0 atom stereocenters. The molecule has 82 valence electrons. The van der Waals surface area contributed by atoms with Gasteiger partial charge in [0.05, 0.1) is 0 Å². The van der Waals surface area contributed by atoms with E-state index in [0.29, 0.717) is 0 Å². The van der Waals surface area contributed by atoms with E-state index < -0.39 is 0 Å². The molecule has 2 aromatic rings. The lowest BCUT2D eigenvalue weighted by atomic mass is 9.98. The Hall–Kier alpha value is -1.41. The van der Waals surface area contributed by atoms with Gasteiger partial charge in [-0.15, -0.1) is 11.3 Å². The van der Waals surface area contributed by atoms with Crippen LogP contribution < -0.4 is 0 Å². The standard InChI is InChI=1S/C14H14OS/c1-3-11-6-4-5-7-13(11)14(15)12-8-10(2)16-9-12/h4-9H,3H2,1-2H3. The van der Waals surface area contributed by atoms with Crippen molar-refractivity contribution in [2.45, 2.75) is 20.3 Å². The lowest BCUT2D eigenvalue weighted by molar-refractivity contribution is 0.103. The average molecular weight is 230 g/mol. The second-order valence-corrected chi connectivity index (χ2v) is 4.90. The smallest absolute Gasteiger partial charge is 0.194 e. The maximum Gasteiger partial charge on any atom is 0.194 e. The van der Waals surface area contributed by atoms with Crippen molar-refractivity contribution in [3.8, 4) is 0 Å². The molecule has 0 aliphatic rings.